The molecule has 2 amide bonds. The molecule has 1 aliphatic heterocycles. The maximum Gasteiger partial charge on any atom is 0.253 e. The molecule has 2 rings (SSSR count). The van der Waals surface area contributed by atoms with Crippen LogP contribution < -0.4 is 10.0 Å². The molecule has 1 heterocycles. The monoisotopic (exact) mass is 381 g/mol. The van der Waals surface area contributed by atoms with Gasteiger partial charge in [-0.15, -0.1) is 0 Å². The number of hydrogen-bond acceptors (Lipinski definition) is 4. The van der Waals surface area contributed by atoms with Crippen molar-refractivity contribution in [2.24, 2.45) is 5.92 Å². The normalized spacial score (nSPS) is 17.6. The summed E-state index contributed by atoms with van der Waals surface area (Å²) in [5.74, 6) is -0.311. The molecule has 0 radical (unpaired) electrons. The Morgan fingerprint density at radius 1 is 1.19 bits per heavy atom. The zero-order chi connectivity index (χ0) is 19.2. The molecule has 26 heavy (non-hydrogen) atoms. The molecule has 1 aromatic rings. The molecular formula is C18H27N3O4S. The first-order valence-electron chi connectivity index (χ1n) is 9.03. The van der Waals surface area contributed by atoms with Crippen molar-refractivity contribution >= 4 is 27.5 Å². The molecule has 7 nitrogen and oxygen atoms in total. The summed E-state index contributed by atoms with van der Waals surface area (Å²) in [6, 6.07) is 6.37. The van der Waals surface area contributed by atoms with Gasteiger partial charge in [-0.2, -0.15) is 0 Å². The predicted molar refractivity (Wildman–Crippen MR) is 101 cm³/mol. The molecule has 1 aliphatic rings. The Balaban J connectivity index is 2.00. The summed E-state index contributed by atoms with van der Waals surface area (Å²) in [5.41, 5.74) is 0.915. The number of nitrogens with one attached hydrogen (secondary N) is 2. The van der Waals surface area contributed by atoms with Crippen molar-refractivity contribution in [3.8, 4) is 0 Å². The van der Waals surface area contributed by atoms with E-state index >= 15 is 0 Å². The lowest BCUT2D eigenvalue weighted by molar-refractivity contribution is -0.126. The van der Waals surface area contributed by atoms with Crippen LogP contribution in [0.15, 0.2) is 24.3 Å². The van der Waals surface area contributed by atoms with Crippen LogP contribution in [-0.4, -0.2) is 50.5 Å². The minimum Gasteiger partial charge on any atom is -0.356 e. The Kier molecular flexibility index (Phi) is 7.02. The first-order valence-corrected chi connectivity index (χ1v) is 10.7. The van der Waals surface area contributed by atoms with E-state index in [1.165, 1.54) is 0 Å². The highest BCUT2D eigenvalue weighted by Gasteiger charge is 2.28. The van der Waals surface area contributed by atoms with Crippen LogP contribution >= 0.6 is 0 Å². The van der Waals surface area contributed by atoms with Crippen LogP contribution in [0.2, 0.25) is 0 Å². The van der Waals surface area contributed by atoms with Crippen LogP contribution in [-0.2, 0) is 14.8 Å². The van der Waals surface area contributed by atoms with Crippen molar-refractivity contribution in [1.82, 2.24) is 10.2 Å². The van der Waals surface area contributed by atoms with Crippen molar-refractivity contribution in [2.45, 2.75) is 33.1 Å². The van der Waals surface area contributed by atoms with Gasteiger partial charge in [0.1, 0.15) is 0 Å². The third kappa shape index (κ3) is 5.45. The number of amides is 2. The average Bonchev–Trinajstić information content (AvgIpc) is 2.66. The first kappa shape index (κ1) is 20.2. The fourth-order valence-corrected chi connectivity index (χ4v) is 3.52. The van der Waals surface area contributed by atoms with E-state index in [-0.39, 0.29) is 23.5 Å². The van der Waals surface area contributed by atoms with Gasteiger partial charge in [-0.3, -0.25) is 14.3 Å². The van der Waals surface area contributed by atoms with Crippen LogP contribution in [0.4, 0.5) is 5.69 Å². The largest absolute Gasteiger partial charge is 0.356 e. The smallest absolute Gasteiger partial charge is 0.253 e. The summed E-state index contributed by atoms with van der Waals surface area (Å²) < 4.78 is 25.6. The van der Waals surface area contributed by atoms with E-state index in [9.17, 15) is 18.0 Å². The lowest BCUT2D eigenvalue weighted by atomic mass is 9.96. The van der Waals surface area contributed by atoms with Gasteiger partial charge in [-0.05, 0) is 50.5 Å². The van der Waals surface area contributed by atoms with Crippen LogP contribution in [0.25, 0.3) is 0 Å². The lowest BCUT2D eigenvalue weighted by Crippen LogP contribution is -2.45. The number of sulfonamides is 1. The minimum atomic E-state index is -3.34. The van der Waals surface area contributed by atoms with Crippen molar-refractivity contribution in [1.29, 1.82) is 0 Å². The van der Waals surface area contributed by atoms with Crippen LogP contribution in [0.1, 0.15) is 43.5 Å². The summed E-state index contributed by atoms with van der Waals surface area (Å²) in [5, 5.41) is 2.89. The van der Waals surface area contributed by atoms with E-state index in [2.05, 4.69) is 10.0 Å². The van der Waals surface area contributed by atoms with Gasteiger partial charge < -0.3 is 10.2 Å². The molecular weight excluding hydrogens is 354 g/mol. The zero-order valence-electron chi connectivity index (χ0n) is 15.3. The van der Waals surface area contributed by atoms with E-state index < -0.39 is 10.0 Å². The third-order valence-electron chi connectivity index (χ3n) is 4.41. The van der Waals surface area contributed by atoms with Gasteiger partial charge in [-0.1, -0.05) is 6.92 Å². The van der Waals surface area contributed by atoms with Gasteiger partial charge in [0.2, 0.25) is 15.9 Å². The highest BCUT2D eigenvalue weighted by atomic mass is 32.2. The molecule has 0 aliphatic carbocycles. The average molecular weight is 381 g/mol. The van der Waals surface area contributed by atoms with Gasteiger partial charge in [0.15, 0.2) is 0 Å². The highest BCUT2D eigenvalue weighted by Crippen LogP contribution is 2.20. The van der Waals surface area contributed by atoms with E-state index in [1.54, 1.807) is 36.1 Å². The number of nitrogens with zero attached hydrogens (tertiary/aromatic N) is 1. The van der Waals surface area contributed by atoms with Crippen molar-refractivity contribution in [2.75, 3.05) is 30.1 Å². The van der Waals surface area contributed by atoms with Gasteiger partial charge in [0, 0.05) is 30.9 Å². The molecule has 1 fully saturated rings. The number of piperidine rings is 1. The standard InChI is InChI=1S/C18H27N3O4S/c1-3-11-19-17(22)15-6-5-12-21(13-15)18(23)14-7-9-16(10-8-14)20-26(24,25)4-2/h7-10,15,20H,3-6,11-13H2,1-2H3,(H,19,22)/t15-/m0/s1. The van der Waals surface area contributed by atoms with Gasteiger partial charge in [0.05, 0.1) is 11.7 Å². The van der Waals surface area contributed by atoms with Crippen molar-refractivity contribution in [3.63, 3.8) is 0 Å². The number of likely N-dealkylation sites (tertiary alicyclic amines) is 1. The first-order chi connectivity index (χ1) is 12.4. The molecule has 2 N–H and O–H groups in total. The van der Waals surface area contributed by atoms with Gasteiger partial charge in [0.25, 0.3) is 5.91 Å². The Morgan fingerprint density at radius 3 is 2.50 bits per heavy atom. The predicted octanol–water partition coefficient (Wildman–Crippen LogP) is 1.83. The van der Waals surface area contributed by atoms with E-state index in [1.807, 2.05) is 6.92 Å². The number of anilines is 1. The number of carbonyl (C=O) groups is 2. The molecule has 8 heteroatoms. The second kappa shape index (κ2) is 9.02. The molecule has 144 valence electrons. The second-order valence-corrected chi connectivity index (χ2v) is 8.48. The molecule has 1 atom stereocenters. The lowest BCUT2D eigenvalue weighted by Gasteiger charge is -2.32. The molecule has 0 unspecified atom stereocenters. The molecule has 1 saturated heterocycles. The van der Waals surface area contributed by atoms with Crippen molar-refractivity contribution in [3.05, 3.63) is 29.8 Å². The summed E-state index contributed by atoms with van der Waals surface area (Å²) >= 11 is 0. The van der Waals surface area contributed by atoms with E-state index in [4.69, 9.17) is 0 Å². The number of benzene rings is 1. The summed E-state index contributed by atoms with van der Waals surface area (Å²) in [7, 11) is -3.34. The molecule has 0 bridgehead atoms. The van der Waals surface area contributed by atoms with Crippen LogP contribution in [0.3, 0.4) is 0 Å². The Hall–Kier alpha value is -2.09. The summed E-state index contributed by atoms with van der Waals surface area (Å²) in [6.07, 6.45) is 2.47. The van der Waals surface area contributed by atoms with Crippen LogP contribution in [0.5, 0.6) is 0 Å². The Morgan fingerprint density at radius 2 is 1.88 bits per heavy atom. The maximum atomic E-state index is 12.7. The molecule has 1 aromatic carbocycles. The van der Waals surface area contributed by atoms with Crippen LogP contribution in [0, 0.1) is 5.92 Å². The van der Waals surface area contributed by atoms with Gasteiger partial charge >= 0.3 is 0 Å². The second-order valence-electron chi connectivity index (χ2n) is 6.46. The maximum absolute atomic E-state index is 12.7. The molecule has 0 saturated carbocycles. The van der Waals surface area contributed by atoms with E-state index in [0.29, 0.717) is 30.9 Å². The summed E-state index contributed by atoms with van der Waals surface area (Å²) in [6.45, 7) is 5.25. The highest BCUT2D eigenvalue weighted by molar-refractivity contribution is 7.92. The molecule has 0 aromatic heterocycles. The van der Waals surface area contributed by atoms with E-state index in [0.717, 1.165) is 19.3 Å². The fraction of sp³-hybridized carbons (Fsp3) is 0.556. The Labute approximate surface area is 155 Å². The van der Waals surface area contributed by atoms with Gasteiger partial charge in [-0.25, -0.2) is 8.42 Å². The zero-order valence-corrected chi connectivity index (χ0v) is 16.1. The number of carbonyl (C=O) groups excluding carboxylic acids is 2. The minimum absolute atomic E-state index is 0.00803. The third-order valence-corrected chi connectivity index (χ3v) is 5.72. The fourth-order valence-electron chi connectivity index (χ4n) is 2.88. The topological polar surface area (TPSA) is 95.6 Å². The summed E-state index contributed by atoms with van der Waals surface area (Å²) in [4.78, 5) is 26.5. The molecule has 0 spiro atoms. The Bertz CT molecular complexity index is 731. The number of rotatable bonds is 7. The van der Waals surface area contributed by atoms with Crippen molar-refractivity contribution < 1.29 is 18.0 Å². The quantitative estimate of drug-likeness (QED) is 0.753. The SMILES string of the molecule is CCCNC(=O)[C@H]1CCCN(C(=O)c2ccc(NS(=O)(=O)CC)cc2)C1. The number of hydrogen-bond donors (Lipinski definition) is 2.